The summed E-state index contributed by atoms with van der Waals surface area (Å²) in [6.07, 6.45) is 0. The van der Waals surface area contributed by atoms with Gasteiger partial charge in [-0.3, -0.25) is 20.2 Å². The standard InChI is InChI=1S/C20H17N2O7P/c23-21(24)15-20(16-8-7-9-17(14-16)22(25)26)30(27,28-18-10-3-1-4-11-18)29-19-12-5-2-6-13-19/h1-14,20H,15H2/t20-/m0/s1. The first-order chi connectivity index (χ1) is 14.4. The molecule has 0 aliphatic rings. The summed E-state index contributed by atoms with van der Waals surface area (Å²) in [6.45, 7) is -0.807. The molecule has 10 heteroatoms. The number of para-hydroxylation sites is 2. The summed E-state index contributed by atoms with van der Waals surface area (Å²) in [6, 6.07) is 21.4. The molecule has 0 N–H and O–H groups in total. The molecule has 0 aromatic heterocycles. The molecule has 0 spiro atoms. The molecule has 9 nitrogen and oxygen atoms in total. The monoisotopic (exact) mass is 428 g/mol. The van der Waals surface area contributed by atoms with Crippen LogP contribution in [0, 0.1) is 20.2 Å². The van der Waals surface area contributed by atoms with E-state index in [1.807, 2.05) is 0 Å². The highest BCUT2D eigenvalue weighted by Gasteiger charge is 2.44. The summed E-state index contributed by atoms with van der Waals surface area (Å²) >= 11 is 0. The summed E-state index contributed by atoms with van der Waals surface area (Å²) in [5, 5.41) is 22.6. The first-order valence-electron chi connectivity index (χ1n) is 8.82. The largest absolute Gasteiger partial charge is 0.444 e. The second kappa shape index (κ2) is 9.19. The van der Waals surface area contributed by atoms with Gasteiger partial charge in [0, 0.05) is 17.1 Å². The Morgan fingerprint density at radius 1 is 0.800 bits per heavy atom. The van der Waals surface area contributed by atoms with Crippen molar-refractivity contribution in [1.82, 2.24) is 0 Å². The van der Waals surface area contributed by atoms with E-state index in [4.69, 9.17) is 9.05 Å². The van der Waals surface area contributed by atoms with Gasteiger partial charge in [-0.2, -0.15) is 0 Å². The molecule has 3 rings (SSSR count). The van der Waals surface area contributed by atoms with Crippen molar-refractivity contribution in [3.63, 3.8) is 0 Å². The molecule has 0 fully saturated rings. The number of non-ortho nitro benzene ring substituents is 1. The highest BCUT2D eigenvalue weighted by Crippen LogP contribution is 2.60. The van der Waals surface area contributed by atoms with Gasteiger partial charge in [-0.05, 0) is 29.8 Å². The van der Waals surface area contributed by atoms with E-state index in [2.05, 4.69) is 0 Å². The molecule has 0 aliphatic carbocycles. The lowest BCUT2D eigenvalue weighted by atomic mass is 10.1. The van der Waals surface area contributed by atoms with Gasteiger partial charge in [-0.1, -0.05) is 48.5 Å². The fourth-order valence-electron chi connectivity index (χ4n) is 2.78. The summed E-state index contributed by atoms with van der Waals surface area (Å²) in [5.74, 6) is 0.381. The molecule has 0 aliphatic heterocycles. The van der Waals surface area contributed by atoms with Crippen LogP contribution in [0.15, 0.2) is 84.9 Å². The van der Waals surface area contributed by atoms with Gasteiger partial charge in [0.2, 0.25) is 6.54 Å². The Kier molecular flexibility index (Phi) is 6.44. The fourth-order valence-corrected chi connectivity index (χ4v) is 4.76. The molecular formula is C20H17N2O7P. The van der Waals surface area contributed by atoms with Crippen LogP contribution in [0.5, 0.6) is 11.5 Å². The van der Waals surface area contributed by atoms with Gasteiger partial charge in [0.05, 0.1) is 4.92 Å². The molecule has 0 saturated carbocycles. The van der Waals surface area contributed by atoms with Gasteiger partial charge in [-0.15, -0.1) is 0 Å². The van der Waals surface area contributed by atoms with Gasteiger partial charge in [0.1, 0.15) is 11.5 Å². The maximum atomic E-state index is 14.0. The van der Waals surface area contributed by atoms with E-state index in [-0.39, 0.29) is 22.7 Å². The van der Waals surface area contributed by atoms with Crippen LogP contribution in [0.3, 0.4) is 0 Å². The second-order valence-corrected chi connectivity index (χ2v) is 8.30. The Morgan fingerprint density at radius 3 is 1.80 bits per heavy atom. The minimum atomic E-state index is -4.26. The molecule has 154 valence electrons. The van der Waals surface area contributed by atoms with Crippen LogP contribution in [-0.4, -0.2) is 16.4 Å². The number of rotatable bonds is 9. The minimum Gasteiger partial charge on any atom is -0.415 e. The lowest BCUT2D eigenvalue weighted by molar-refractivity contribution is -0.480. The van der Waals surface area contributed by atoms with E-state index in [9.17, 15) is 24.8 Å². The maximum Gasteiger partial charge on any atom is 0.444 e. The molecule has 0 radical (unpaired) electrons. The lowest BCUT2D eigenvalue weighted by Gasteiger charge is -2.25. The van der Waals surface area contributed by atoms with Crippen LogP contribution in [0.25, 0.3) is 0 Å². The molecule has 0 amide bonds. The predicted octanol–water partition coefficient (Wildman–Crippen LogP) is 5.26. The normalized spacial score (nSPS) is 12.0. The van der Waals surface area contributed by atoms with E-state index in [0.717, 1.165) is 6.07 Å². The number of hydrogen-bond donors (Lipinski definition) is 0. The number of nitro benzene ring substituents is 1. The van der Waals surface area contributed by atoms with Gasteiger partial charge in [0.15, 0.2) is 5.66 Å². The first kappa shape index (κ1) is 21.0. The van der Waals surface area contributed by atoms with Crippen LogP contribution >= 0.6 is 7.60 Å². The van der Waals surface area contributed by atoms with Crippen LogP contribution < -0.4 is 9.05 Å². The number of nitrogens with zero attached hydrogens (tertiary/aromatic N) is 2. The number of hydrogen-bond acceptors (Lipinski definition) is 7. The van der Waals surface area contributed by atoms with Crippen LogP contribution in [0.4, 0.5) is 5.69 Å². The highest BCUT2D eigenvalue weighted by molar-refractivity contribution is 7.55. The van der Waals surface area contributed by atoms with Crippen molar-refractivity contribution in [2.45, 2.75) is 5.66 Å². The molecule has 0 unspecified atom stereocenters. The van der Waals surface area contributed by atoms with Crippen molar-refractivity contribution in [3.8, 4) is 11.5 Å². The van der Waals surface area contributed by atoms with Crippen molar-refractivity contribution in [3.05, 3.63) is 111 Å². The van der Waals surface area contributed by atoms with Crippen LogP contribution in [0.1, 0.15) is 11.2 Å². The summed E-state index contributed by atoms with van der Waals surface area (Å²) in [5.41, 5.74) is -1.56. The molecule has 1 atom stereocenters. The average molecular weight is 428 g/mol. The van der Waals surface area contributed by atoms with Crippen molar-refractivity contribution in [2.75, 3.05) is 6.54 Å². The molecule has 3 aromatic carbocycles. The molecule has 0 saturated heterocycles. The number of benzene rings is 3. The smallest absolute Gasteiger partial charge is 0.415 e. The van der Waals surface area contributed by atoms with Crippen LogP contribution in [-0.2, 0) is 4.57 Å². The Hall–Kier alpha value is -3.71. The molecule has 0 heterocycles. The van der Waals surface area contributed by atoms with E-state index in [1.165, 1.54) is 42.5 Å². The van der Waals surface area contributed by atoms with Gasteiger partial charge < -0.3 is 9.05 Å². The van der Waals surface area contributed by atoms with Crippen molar-refractivity contribution in [2.24, 2.45) is 0 Å². The van der Waals surface area contributed by atoms with Crippen molar-refractivity contribution >= 4 is 13.3 Å². The fraction of sp³-hybridized carbons (Fsp3) is 0.100. The molecule has 3 aromatic rings. The molecule has 0 bridgehead atoms. The first-order valence-corrected chi connectivity index (χ1v) is 10.4. The second-order valence-electron chi connectivity index (χ2n) is 6.23. The summed E-state index contributed by atoms with van der Waals surface area (Å²) in [4.78, 5) is 21.3. The quantitative estimate of drug-likeness (QED) is 0.259. The van der Waals surface area contributed by atoms with E-state index in [0.29, 0.717) is 0 Å². The van der Waals surface area contributed by atoms with Crippen LogP contribution in [0.2, 0.25) is 0 Å². The zero-order valence-electron chi connectivity index (χ0n) is 15.6. The maximum absolute atomic E-state index is 14.0. The van der Waals surface area contributed by atoms with Gasteiger partial charge in [0.25, 0.3) is 5.69 Å². The zero-order chi connectivity index (χ0) is 21.6. The minimum absolute atomic E-state index is 0.107. The zero-order valence-corrected chi connectivity index (χ0v) is 16.5. The Balaban J connectivity index is 2.10. The Bertz CT molecular complexity index is 1030. The van der Waals surface area contributed by atoms with Crippen molar-refractivity contribution < 1.29 is 23.5 Å². The predicted molar refractivity (Wildman–Crippen MR) is 109 cm³/mol. The highest BCUT2D eigenvalue weighted by atomic mass is 31.2. The van der Waals surface area contributed by atoms with E-state index >= 15 is 0 Å². The Morgan fingerprint density at radius 2 is 1.33 bits per heavy atom. The Labute approximate surface area is 171 Å². The topological polar surface area (TPSA) is 122 Å². The van der Waals surface area contributed by atoms with E-state index < -0.39 is 29.6 Å². The SMILES string of the molecule is O=[N+]([O-])C[C@@H](c1cccc([N+](=O)[O-])c1)P(=O)(Oc1ccccc1)Oc1ccccc1. The van der Waals surface area contributed by atoms with E-state index in [1.54, 1.807) is 36.4 Å². The lowest BCUT2D eigenvalue weighted by Crippen LogP contribution is -2.19. The third-order valence-electron chi connectivity index (χ3n) is 4.12. The van der Waals surface area contributed by atoms with Gasteiger partial charge in [-0.25, -0.2) is 4.57 Å². The third-order valence-corrected chi connectivity index (χ3v) is 6.28. The van der Waals surface area contributed by atoms with Crippen molar-refractivity contribution in [1.29, 1.82) is 0 Å². The third kappa shape index (κ3) is 5.21. The average Bonchev–Trinajstić information content (AvgIpc) is 2.73. The number of nitro groups is 2. The molecule has 30 heavy (non-hydrogen) atoms. The van der Waals surface area contributed by atoms with Gasteiger partial charge >= 0.3 is 7.60 Å². The summed E-state index contributed by atoms with van der Waals surface area (Å²) in [7, 11) is -4.26. The molecular weight excluding hydrogens is 411 g/mol. The summed E-state index contributed by atoms with van der Waals surface area (Å²) < 4.78 is 25.3.